The van der Waals surface area contributed by atoms with Crippen LogP contribution in [0, 0.1) is 13.8 Å². The second-order valence-corrected chi connectivity index (χ2v) is 4.48. The van der Waals surface area contributed by atoms with Gasteiger partial charge in [-0.05, 0) is 0 Å². The lowest BCUT2D eigenvalue weighted by Crippen LogP contribution is -2.39. The zero-order chi connectivity index (χ0) is 12.3. The van der Waals surface area contributed by atoms with Gasteiger partial charge in [-0.3, -0.25) is 0 Å². The minimum atomic E-state index is 0.507. The summed E-state index contributed by atoms with van der Waals surface area (Å²) in [6.45, 7) is 18.2. The summed E-state index contributed by atoms with van der Waals surface area (Å²) in [6.07, 6.45) is 3.91. The number of nitrogens with zero attached hydrogens (tertiary/aromatic N) is 2. The average Bonchev–Trinajstić information content (AvgIpc) is 2.45. The molecule has 2 nitrogen and oxygen atoms in total. The van der Waals surface area contributed by atoms with Crippen molar-refractivity contribution in [3.63, 3.8) is 0 Å². The normalized spacial score (nSPS) is 10.8. The molecule has 1 aromatic heterocycles. The second-order valence-electron chi connectivity index (χ2n) is 4.48. The highest BCUT2D eigenvalue weighted by molar-refractivity contribution is 5.10. The van der Waals surface area contributed by atoms with Crippen LogP contribution in [-0.2, 0) is 13.1 Å². The van der Waals surface area contributed by atoms with Gasteiger partial charge < -0.3 is 0 Å². The maximum atomic E-state index is 3.83. The van der Waals surface area contributed by atoms with Crippen molar-refractivity contribution in [2.24, 2.45) is 0 Å². The van der Waals surface area contributed by atoms with Gasteiger partial charge in [0.1, 0.15) is 24.5 Å². The molecule has 0 unspecified atom stereocenters. The van der Waals surface area contributed by atoms with Crippen molar-refractivity contribution in [2.45, 2.75) is 46.7 Å². The lowest BCUT2D eigenvalue weighted by atomic mass is 10.2. The quantitative estimate of drug-likeness (QED) is 0.532. The smallest absolute Gasteiger partial charge is 0.228 e. The van der Waals surface area contributed by atoms with Crippen molar-refractivity contribution in [3.8, 4) is 0 Å². The van der Waals surface area contributed by atoms with Crippen LogP contribution in [0.2, 0.25) is 0 Å². The van der Waals surface area contributed by atoms with Crippen molar-refractivity contribution < 1.29 is 4.57 Å². The molecule has 0 saturated heterocycles. The summed E-state index contributed by atoms with van der Waals surface area (Å²) in [5.41, 5.74) is 2.65. The minimum absolute atomic E-state index is 0.507. The third kappa shape index (κ3) is 2.11. The predicted molar refractivity (Wildman–Crippen MR) is 68.6 cm³/mol. The molecule has 1 aromatic rings. The van der Waals surface area contributed by atoms with Crippen molar-refractivity contribution >= 4 is 0 Å². The van der Waals surface area contributed by atoms with Gasteiger partial charge in [-0.25, -0.2) is 9.13 Å². The molecular formula is C14H23N2+. The van der Waals surface area contributed by atoms with E-state index in [4.69, 9.17) is 0 Å². The first-order valence-electron chi connectivity index (χ1n) is 5.85. The Morgan fingerprint density at radius 1 is 1.25 bits per heavy atom. The summed E-state index contributed by atoms with van der Waals surface area (Å²) in [4.78, 5) is 0. The van der Waals surface area contributed by atoms with Crippen LogP contribution >= 0.6 is 0 Å². The minimum Gasteiger partial charge on any atom is -0.228 e. The van der Waals surface area contributed by atoms with Gasteiger partial charge in [0, 0.05) is 13.8 Å². The number of hydrogen-bond acceptors (Lipinski definition) is 0. The Bertz CT molecular complexity index is 364. The first-order chi connectivity index (χ1) is 7.54. The topological polar surface area (TPSA) is 8.81 Å². The molecule has 0 aliphatic carbocycles. The molecule has 2 heteroatoms. The Hall–Kier alpha value is -1.31. The number of allylic oxidation sites excluding steroid dienone is 2. The lowest BCUT2D eigenvalue weighted by molar-refractivity contribution is -0.700. The summed E-state index contributed by atoms with van der Waals surface area (Å²) >= 11 is 0. The van der Waals surface area contributed by atoms with E-state index in [0.29, 0.717) is 5.92 Å². The van der Waals surface area contributed by atoms with Crippen LogP contribution in [0.1, 0.15) is 37.0 Å². The highest BCUT2D eigenvalue weighted by Gasteiger charge is 2.26. The Morgan fingerprint density at radius 2 is 1.88 bits per heavy atom. The van der Waals surface area contributed by atoms with E-state index < -0.39 is 0 Å². The fourth-order valence-electron chi connectivity index (χ4n) is 2.22. The van der Waals surface area contributed by atoms with E-state index in [0.717, 1.165) is 13.1 Å². The molecule has 0 spiro atoms. The lowest BCUT2D eigenvalue weighted by Gasteiger charge is -2.06. The molecule has 0 radical (unpaired) electrons. The van der Waals surface area contributed by atoms with Crippen molar-refractivity contribution in [1.82, 2.24) is 4.57 Å². The Morgan fingerprint density at radius 3 is 2.31 bits per heavy atom. The first-order valence-corrected chi connectivity index (χ1v) is 5.85. The number of imidazole rings is 1. The summed E-state index contributed by atoms with van der Waals surface area (Å²) in [6, 6.07) is 0. The van der Waals surface area contributed by atoms with Gasteiger partial charge in [0.25, 0.3) is 5.82 Å². The fraction of sp³-hybridized carbons (Fsp3) is 0.500. The molecular weight excluding hydrogens is 196 g/mol. The van der Waals surface area contributed by atoms with E-state index in [1.807, 2.05) is 12.2 Å². The molecule has 0 aliphatic rings. The molecule has 88 valence electrons. The van der Waals surface area contributed by atoms with Gasteiger partial charge in [-0.15, -0.1) is 0 Å². The van der Waals surface area contributed by atoms with E-state index in [2.05, 4.69) is 50.0 Å². The first kappa shape index (κ1) is 12.8. The van der Waals surface area contributed by atoms with E-state index in [9.17, 15) is 0 Å². The third-order valence-corrected chi connectivity index (χ3v) is 3.03. The molecule has 0 bridgehead atoms. The highest BCUT2D eigenvalue weighted by atomic mass is 15.2. The molecule has 0 N–H and O–H groups in total. The molecule has 1 heterocycles. The summed E-state index contributed by atoms with van der Waals surface area (Å²) in [5, 5.41) is 0. The van der Waals surface area contributed by atoms with Crippen LogP contribution in [0.15, 0.2) is 25.3 Å². The summed E-state index contributed by atoms with van der Waals surface area (Å²) in [5.74, 6) is 1.86. The second kappa shape index (κ2) is 5.15. The summed E-state index contributed by atoms with van der Waals surface area (Å²) < 4.78 is 4.69. The number of hydrogen-bond donors (Lipinski definition) is 0. The van der Waals surface area contributed by atoms with Crippen LogP contribution in [0.3, 0.4) is 0 Å². The SMILES string of the molecule is C=CCn1c(C)c(C)[n+](CC=C)c1C(C)C. The fourth-order valence-corrected chi connectivity index (χ4v) is 2.22. The number of rotatable bonds is 5. The Kier molecular flexibility index (Phi) is 4.11. The summed E-state index contributed by atoms with van der Waals surface area (Å²) in [7, 11) is 0. The maximum absolute atomic E-state index is 3.83. The predicted octanol–water partition coefficient (Wildman–Crippen LogP) is 2.89. The van der Waals surface area contributed by atoms with E-state index in [-0.39, 0.29) is 0 Å². The molecule has 0 amide bonds. The zero-order valence-corrected chi connectivity index (χ0v) is 11.0. The molecule has 1 rings (SSSR count). The molecule has 0 saturated carbocycles. The zero-order valence-electron chi connectivity index (χ0n) is 11.0. The number of aromatic nitrogens is 2. The van der Waals surface area contributed by atoms with Crippen LogP contribution in [0.5, 0.6) is 0 Å². The highest BCUT2D eigenvalue weighted by Crippen LogP contribution is 2.16. The largest absolute Gasteiger partial charge is 0.259 e. The Balaban J connectivity index is 3.41. The van der Waals surface area contributed by atoms with Gasteiger partial charge in [0.2, 0.25) is 0 Å². The van der Waals surface area contributed by atoms with Crippen LogP contribution < -0.4 is 4.57 Å². The van der Waals surface area contributed by atoms with Gasteiger partial charge in [0.05, 0.1) is 5.92 Å². The van der Waals surface area contributed by atoms with Crippen molar-refractivity contribution in [1.29, 1.82) is 0 Å². The van der Waals surface area contributed by atoms with Gasteiger partial charge in [0.15, 0.2) is 0 Å². The van der Waals surface area contributed by atoms with Crippen LogP contribution in [0.25, 0.3) is 0 Å². The van der Waals surface area contributed by atoms with Crippen LogP contribution in [0.4, 0.5) is 0 Å². The third-order valence-electron chi connectivity index (χ3n) is 3.03. The van der Waals surface area contributed by atoms with Gasteiger partial charge in [-0.2, -0.15) is 0 Å². The molecule has 0 fully saturated rings. The van der Waals surface area contributed by atoms with Crippen molar-refractivity contribution in [3.05, 3.63) is 42.5 Å². The monoisotopic (exact) mass is 219 g/mol. The molecule has 16 heavy (non-hydrogen) atoms. The Labute approximate surface area is 98.9 Å². The average molecular weight is 219 g/mol. The standard InChI is InChI=1S/C14H23N2/c1-7-9-15-12(5)13(6)16(10-8-2)14(15)11(3)4/h7-8,11H,1-2,9-10H2,3-6H3/q+1. The van der Waals surface area contributed by atoms with Gasteiger partial charge >= 0.3 is 0 Å². The molecule has 0 aromatic carbocycles. The van der Waals surface area contributed by atoms with E-state index >= 15 is 0 Å². The van der Waals surface area contributed by atoms with E-state index in [1.54, 1.807) is 0 Å². The molecule has 0 atom stereocenters. The van der Waals surface area contributed by atoms with Crippen LogP contribution in [-0.4, -0.2) is 4.57 Å². The molecule has 0 aliphatic heterocycles. The van der Waals surface area contributed by atoms with Crippen molar-refractivity contribution in [2.75, 3.05) is 0 Å². The van der Waals surface area contributed by atoms with E-state index in [1.165, 1.54) is 17.2 Å². The maximum Gasteiger partial charge on any atom is 0.259 e. The van der Waals surface area contributed by atoms with Gasteiger partial charge in [-0.1, -0.05) is 39.2 Å².